The topological polar surface area (TPSA) is 96.7 Å². The molecule has 0 unspecified atom stereocenters. The maximum absolute atomic E-state index is 10.6. The Morgan fingerprint density at radius 2 is 1.81 bits per heavy atom. The number of benzene rings is 1. The molecule has 1 aromatic carbocycles. The Bertz CT molecular complexity index is 748. The minimum Gasteiger partial charge on any atom is -0.466 e. The predicted octanol–water partition coefficient (Wildman–Crippen LogP) is 2.48. The molecular weight excluding hydrogens is 366 g/mol. The highest BCUT2D eigenvalue weighted by Gasteiger charge is 2.39. The first-order chi connectivity index (χ1) is 13.2. The number of rotatable bonds is 5. The Morgan fingerprint density at radius 1 is 1.11 bits per heavy atom. The van der Waals surface area contributed by atoms with Crippen LogP contribution >= 0.6 is 11.5 Å². The van der Waals surface area contributed by atoms with Gasteiger partial charge in [-0.15, -0.1) is 4.37 Å². The summed E-state index contributed by atoms with van der Waals surface area (Å²) < 4.78 is 14.8. The van der Waals surface area contributed by atoms with Crippen LogP contribution < -0.4 is 10.1 Å². The molecule has 0 spiro atoms. The highest BCUT2D eigenvalue weighted by atomic mass is 32.1. The first-order valence-electron chi connectivity index (χ1n) is 9.37. The SMILES string of the molecule is COc1nsc(N[C@H]2CO[C@H](c3ccc(C4CCCC4)cc3)[C@H](O)[C@@H]2O)n1. The standard InChI is InChI=1S/C19H25N3O4S/c1-25-18-21-19(27-22-18)20-14-10-26-17(16(24)15(14)23)13-8-6-12(7-9-13)11-4-2-3-5-11/h6-9,11,14-17,23-24H,2-5,10H2,1H3,(H,20,21,22)/t14-,15+,16+,17+/m0/s1. The van der Waals surface area contributed by atoms with E-state index in [1.54, 1.807) is 0 Å². The van der Waals surface area contributed by atoms with Gasteiger partial charge in [0.2, 0.25) is 5.13 Å². The fraction of sp³-hybridized carbons (Fsp3) is 0.579. The van der Waals surface area contributed by atoms with Gasteiger partial charge in [-0.05, 0) is 29.9 Å². The summed E-state index contributed by atoms with van der Waals surface area (Å²) in [5.74, 6) is 0.652. The van der Waals surface area contributed by atoms with Gasteiger partial charge >= 0.3 is 6.01 Å². The third-order valence-electron chi connectivity index (χ3n) is 5.52. The summed E-state index contributed by atoms with van der Waals surface area (Å²) in [6, 6.07) is 8.09. The quantitative estimate of drug-likeness (QED) is 0.720. The molecule has 4 atom stereocenters. The van der Waals surface area contributed by atoms with Crippen molar-refractivity contribution in [2.75, 3.05) is 19.0 Å². The second kappa shape index (κ2) is 8.10. The van der Waals surface area contributed by atoms with Gasteiger partial charge in [-0.1, -0.05) is 37.1 Å². The summed E-state index contributed by atoms with van der Waals surface area (Å²) in [7, 11) is 1.50. The van der Waals surface area contributed by atoms with Crippen LogP contribution in [0.2, 0.25) is 0 Å². The van der Waals surface area contributed by atoms with Crippen molar-refractivity contribution in [2.45, 2.75) is 56.0 Å². The summed E-state index contributed by atoms with van der Waals surface area (Å²) in [6.45, 7) is 0.259. The first kappa shape index (κ1) is 18.6. The fourth-order valence-electron chi connectivity index (χ4n) is 3.97. The molecular formula is C19H25N3O4S. The van der Waals surface area contributed by atoms with Crippen LogP contribution in [0.4, 0.5) is 5.13 Å². The van der Waals surface area contributed by atoms with Gasteiger partial charge < -0.3 is 25.0 Å². The highest BCUT2D eigenvalue weighted by molar-refractivity contribution is 7.09. The fourth-order valence-corrected chi connectivity index (χ4v) is 4.57. The lowest BCUT2D eigenvalue weighted by Gasteiger charge is -2.38. The maximum atomic E-state index is 10.6. The lowest BCUT2D eigenvalue weighted by atomic mass is 9.91. The number of hydrogen-bond donors (Lipinski definition) is 3. The van der Waals surface area contributed by atoms with Gasteiger partial charge in [0.05, 0.1) is 19.8 Å². The molecule has 0 bridgehead atoms. The molecule has 1 saturated heterocycles. The number of aromatic nitrogens is 2. The van der Waals surface area contributed by atoms with E-state index < -0.39 is 24.4 Å². The number of ether oxygens (including phenoxy) is 2. The number of methoxy groups -OCH3 is 1. The Balaban J connectivity index is 1.40. The summed E-state index contributed by atoms with van der Waals surface area (Å²) in [6.07, 6.45) is 2.57. The van der Waals surface area contributed by atoms with Crippen LogP contribution in [0, 0.1) is 0 Å². The van der Waals surface area contributed by atoms with Gasteiger partial charge in [0.15, 0.2) is 0 Å². The summed E-state index contributed by atoms with van der Waals surface area (Å²) in [5, 5.41) is 24.7. The molecule has 1 saturated carbocycles. The maximum Gasteiger partial charge on any atom is 0.329 e. The van der Waals surface area contributed by atoms with E-state index in [4.69, 9.17) is 9.47 Å². The third-order valence-corrected chi connectivity index (χ3v) is 6.15. The minimum absolute atomic E-state index is 0.259. The Hall–Kier alpha value is -1.74. The number of nitrogens with zero attached hydrogens (tertiary/aromatic N) is 2. The zero-order valence-corrected chi connectivity index (χ0v) is 16.1. The van der Waals surface area contributed by atoms with Crippen LogP contribution in [-0.4, -0.2) is 51.5 Å². The van der Waals surface area contributed by atoms with E-state index >= 15 is 0 Å². The van der Waals surface area contributed by atoms with Gasteiger partial charge in [-0.3, -0.25) is 0 Å². The smallest absolute Gasteiger partial charge is 0.329 e. The van der Waals surface area contributed by atoms with E-state index in [1.165, 1.54) is 38.4 Å². The van der Waals surface area contributed by atoms with E-state index in [-0.39, 0.29) is 12.6 Å². The molecule has 1 aromatic heterocycles. The van der Waals surface area contributed by atoms with E-state index in [9.17, 15) is 10.2 Å². The van der Waals surface area contributed by atoms with E-state index in [0.29, 0.717) is 11.0 Å². The molecule has 4 rings (SSSR count). The van der Waals surface area contributed by atoms with Crippen LogP contribution in [-0.2, 0) is 4.74 Å². The van der Waals surface area contributed by atoms with Gasteiger partial charge in [-0.25, -0.2) is 0 Å². The molecule has 2 aliphatic rings. The van der Waals surface area contributed by atoms with Crippen molar-refractivity contribution in [1.82, 2.24) is 9.36 Å². The van der Waals surface area contributed by atoms with Crippen molar-refractivity contribution in [3.63, 3.8) is 0 Å². The van der Waals surface area contributed by atoms with Crippen molar-refractivity contribution in [3.8, 4) is 6.01 Å². The summed E-state index contributed by atoms with van der Waals surface area (Å²) >= 11 is 1.14. The van der Waals surface area contributed by atoms with Crippen LogP contribution in [0.25, 0.3) is 0 Å². The monoisotopic (exact) mass is 391 g/mol. The zero-order chi connectivity index (χ0) is 18.8. The minimum atomic E-state index is -1.02. The second-order valence-corrected chi connectivity index (χ2v) is 7.97. The molecule has 8 heteroatoms. The van der Waals surface area contributed by atoms with Gasteiger partial charge in [0.1, 0.15) is 18.3 Å². The summed E-state index contributed by atoms with van der Waals surface area (Å²) in [4.78, 5) is 4.13. The molecule has 3 N–H and O–H groups in total. The lowest BCUT2D eigenvalue weighted by Crippen LogP contribution is -2.52. The van der Waals surface area contributed by atoms with Gasteiger partial charge in [-0.2, -0.15) is 4.98 Å². The van der Waals surface area contributed by atoms with Crippen LogP contribution in [0.15, 0.2) is 24.3 Å². The average molecular weight is 391 g/mol. The molecule has 2 heterocycles. The molecule has 0 radical (unpaired) electrons. The van der Waals surface area contributed by atoms with Crippen molar-refractivity contribution in [1.29, 1.82) is 0 Å². The molecule has 2 fully saturated rings. The van der Waals surface area contributed by atoms with Crippen molar-refractivity contribution < 1.29 is 19.7 Å². The largest absolute Gasteiger partial charge is 0.466 e. The molecule has 1 aliphatic heterocycles. The summed E-state index contributed by atoms with van der Waals surface area (Å²) in [5.41, 5.74) is 2.24. The second-order valence-electron chi connectivity index (χ2n) is 7.22. The lowest BCUT2D eigenvalue weighted by molar-refractivity contribution is -0.142. The molecule has 0 amide bonds. The average Bonchev–Trinajstić information content (AvgIpc) is 3.38. The normalized spacial score (nSPS) is 29.0. The van der Waals surface area contributed by atoms with Crippen LogP contribution in [0.5, 0.6) is 6.01 Å². The molecule has 146 valence electrons. The molecule has 2 aromatic rings. The molecule has 27 heavy (non-hydrogen) atoms. The number of hydrogen-bond acceptors (Lipinski definition) is 8. The molecule has 1 aliphatic carbocycles. The Kier molecular flexibility index (Phi) is 5.58. The van der Waals surface area contributed by atoms with E-state index in [2.05, 4.69) is 26.8 Å². The van der Waals surface area contributed by atoms with E-state index in [0.717, 1.165) is 17.1 Å². The van der Waals surface area contributed by atoms with Crippen LogP contribution in [0.3, 0.4) is 0 Å². The third kappa shape index (κ3) is 3.94. The van der Waals surface area contributed by atoms with Crippen molar-refractivity contribution in [2.24, 2.45) is 0 Å². The first-order valence-corrected chi connectivity index (χ1v) is 10.1. The van der Waals surface area contributed by atoms with Crippen LogP contribution in [0.1, 0.15) is 48.8 Å². The van der Waals surface area contributed by atoms with Gasteiger partial charge in [0, 0.05) is 11.5 Å². The number of nitrogens with one attached hydrogen (secondary N) is 1. The number of anilines is 1. The number of aliphatic hydroxyl groups is 2. The van der Waals surface area contributed by atoms with Crippen molar-refractivity contribution in [3.05, 3.63) is 35.4 Å². The number of aliphatic hydroxyl groups excluding tert-OH is 2. The van der Waals surface area contributed by atoms with E-state index in [1.807, 2.05) is 12.1 Å². The Morgan fingerprint density at radius 3 is 2.48 bits per heavy atom. The highest BCUT2D eigenvalue weighted by Crippen LogP contribution is 2.36. The Labute approximate surface area is 162 Å². The van der Waals surface area contributed by atoms with Crippen molar-refractivity contribution >= 4 is 16.7 Å². The molecule has 7 nitrogen and oxygen atoms in total. The van der Waals surface area contributed by atoms with Gasteiger partial charge in [0.25, 0.3) is 0 Å². The zero-order valence-electron chi connectivity index (χ0n) is 15.2. The predicted molar refractivity (Wildman–Crippen MR) is 102 cm³/mol.